The minimum absolute atomic E-state index is 0. The molecule has 3 heteroatoms. The van der Waals surface area contributed by atoms with Crippen LogP contribution in [0.5, 0.6) is 0 Å². The van der Waals surface area contributed by atoms with E-state index in [2.05, 4.69) is 5.32 Å². The fraction of sp³-hybridized carbons (Fsp3) is 0.455. The van der Waals surface area contributed by atoms with Gasteiger partial charge in [0, 0.05) is 18.0 Å². The fourth-order valence-corrected chi connectivity index (χ4v) is 2.65. The van der Waals surface area contributed by atoms with Gasteiger partial charge in [-0.1, -0.05) is 12.1 Å². The summed E-state index contributed by atoms with van der Waals surface area (Å²) in [4.78, 5) is 0. The predicted molar refractivity (Wildman–Crippen MR) is 56.4 cm³/mol. The number of hydrogen-bond acceptors (Lipinski definition) is 1. The predicted octanol–water partition coefficient (Wildman–Crippen LogP) is 2.25. The fourth-order valence-electron chi connectivity index (χ4n) is 2.65. The lowest BCUT2D eigenvalue weighted by molar-refractivity contribution is 0.304. The Morgan fingerprint density at radius 3 is 2.36 bits per heavy atom. The zero-order valence-electron chi connectivity index (χ0n) is 7.79. The summed E-state index contributed by atoms with van der Waals surface area (Å²) in [6.45, 7) is 1.07. The molecule has 3 aliphatic rings. The second kappa shape index (κ2) is 3.21. The molecule has 76 valence electrons. The Bertz CT molecular complexity index is 324. The van der Waals surface area contributed by atoms with Crippen molar-refractivity contribution < 1.29 is 4.39 Å². The minimum Gasteiger partial charge on any atom is -0.313 e. The van der Waals surface area contributed by atoms with Crippen LogP contribution < -0.4 is 5.32 Å². The van der Waals surface area contributed by atoms with E-state index in [4.69, 9.17) is 0 Å². The Morgan fingerprint density at radius 2 is 1.86 bits per heavy atom. The quantitative estimate of drug-likeness (QED) is 0.755. The van der Waals surface area contributed by atoms with Crippen LogP contribution in [0.3, 0.4) is 0 Å². The summed E-state index contributed by atoms with van der Waals surface area (Å²) in [6.07, 6.45) is 2.47. The zero-order chi connectivity index (χ0) is 8.89. The van der Waals surface area contributed by atoms with Crippen molar-refractivity contribution in [3.63, 3.8) is 0 Å². The Morgan fingerprint density at radius 1 is 1.21 bits per heavy atom. The van der Waals surface area contributed by atoms with E-state index in [1.165, 1.54) is 18.4 Å². The normalized spacial score (nSPS) is 33.4. The molecule has 0 radical (unpaired) electrons. The van der Waals surface area contributed by atoms with Crippen LogP contribution in [0.2, 0.25) is 0 Å². The van der Waals surface area contributed by atoms with Gasteiger partial charge in [0.2, 0.25) is 0 Å². The van der Waals surface area contributed by atoms with Crippen molar-refractivity contribution in [2.75, 3.05) is 6.54 Å². The van der Waals surface area contributed by atoms with Gasteiger partial charge in [-0.05, 0) is 30.5 Å². The van der Waals surface area contributed by atoms with E-state index in [0.717, 1.165) is 12.6 Å². The van der Waals surface area contributed by atoms with Crippen molar-refractivity contribution in [3.8, 4) is 0 Å². The van der Waals surface area contributed by atoms with Crippen LogP contribution >= 0.6 is 12.4 Å². The van der Waals surface area contributed by atoms with Crippen molar-refractivity contribution >= 4 is 12.4 Å². The highest BCUT2D eigenvalue weighted by Crippen LogP contribution is 2.48. The van der Waals surface area contributed by atoms with Gasteiger partial charge in [-0.15, -0.1) is 12.4 Å². The maximum atomic E-state index is 12.7. The molecule has 2 heterocycles. The molecule has 1 nitrogen and oxygen atoms in total. The lowest BCUT2D eigenvalue weighted by Crippen LogP contribution is -2.37. The summed E-state index contributed by atoms with van der Waals surface area (Å²) in [5.41, 5.74) is 1.65. The van der Waals surface area contributed by atoms with Gasteiger partial charge < -0.3 is 5.32 Å². The van der Waals surface area contributed by atoms with Crippen molar-refractivity contribution in [3.05, 3.63) is 35.6 Å². The molecule has 0 amide bonds. The average Bonchev–Trinajstić information content (AvgIpc) is 2.63. The standard InChI is InChI=1S/C11H12FN.ClH/c12-9-3-1-8(2-4-9)11-5-10(6-11)13-7-11;/h1-4,10,13H,5-7H2;1H. The van der Waals surface area contributed by atoms with Crippen molar-refractivity contribution in [1.82, 2.24) is 5.32 Å². The van der Waals surface area contributed by atoms with Crippen LogP contribution in [0.15, 0.2) is 24.3 Å². The van der Waals surface area contributed by atoms with Crippen LogP contribution in [0, 0.1) is 5.82 Å². The van der Waals surface area contributed by atoms with E-state index in [-0.39, 0.29) is 18.2 Å². The van der Waals surface area contributed by atoms with Crippen LogP contribution in [0.25, 0.3) is 0 Å². The Kier molecular flexibility index (Phi) is 2.28. The maximum Gasteiger partial charge on any atom is 0.123 e. The van der Waals surface area contributed by atoms with Gasteiger partial charge in [-0.25, -0.2) is 4.39 Å². The highest BCUT2D eigenvalue weighted by molar-refractivity contribution is 5.85. The maximum absolute atomic E-state index is 12.7. The molecule has 1 aliphatic carbocycles. The molecule has 1 aromatic rings. The molecule has 0 spiro atoms. The van der Waals surface area contributed by atoms with Crippen LogP contribution in [0.4, 0.5) is 4.39 Å². The number of hydrogen-bond donors (Lipinski definition) is 1. The average molecular weight is 214 g/mol. The first kappa shape index (κ1) is 9.94. The monoisotopic (exact) mass is 213 g/mol. The highest BCUT2D eigenvalue weighted by atomic mass is 35.5. The first-order chi connectivity index (χ1) is 6.28. The first-order valence-corrected chi connectivity index (χ1v) is 4.78. The number of halogens is 2. The molecule has 0 aromatic heterocycles. The topological polar surface area (TPSA) is 12.0 Å². The van der Waals surface area contributed by atoms with Crippen molar-refractivity contribution in [2.45, 2.75) is 24.3 Å². The van der Waals surface area contributed by atoms with Crippen molar-refractivity contribution in [2.24, 2.45) is 0 Å². The van der Waals surface area contributed by atoms with Gasteiger partial charge in [-0.3, -0.25) is 0 Å². The van der Waals surface area contributed by atoms with Crippen molar-refractivity contribution in [1.29, 1.82) is 0 Å². The SMILES string of the molecule is Cl.Fc1ccc(C23CNC(C2)C3)cc1. The highest BCUT2D eigenvalue weighted by Gasteiger charge is 2.50. The van der Waals surface area contributed by atoms with Gasteiger partial charge in [0.05, 0.1) is 0 Å². The van der Waals surface area contributed by atoms with Gasteiger partial charge in [0.25, 0.3) is 0 Å². The number of nitrogens with one attached hydrogen (secondary N) is 1. The van der Waals surface area contributed by atoms with Gasteiger partial charge in [0.1, 0.15) is 5.82 Å². The van der Waals surface area contributed by atoms with Crippen LogP contribution in [-0.4, -0.2) is 12.6 Å². The van der Waals surface area contributed by atoms with E-state index in [1.807, 2.05) is 12.1 Å². The minimum atomic E-state index is -0.137. The number of benzene rings is 1. The van der Waals surface area contributed by atoms with Gasteiger partial charge in [0.15, 0.2) is 0 Å². The molecule has 1 saturated carbocycles. The van der Waals surface area contributed by atoms with Crippen LogP contribution in [0.1, 0.15) is 18.4 Å². The summed E-state index contributed by atoms with van der Waals surface area (Å²) in [5, 5.41) is 3.45. The largest absolute Gasteiger partial charge is 0.313 e. The van der Waals surface area contributed by atoms with Crippen LogP contribution in [-0.2, 0) is 5.41 Å². The third-order valence-electron chi connectivity index (χ3n) is 3.46. The molecule has 3 fully saturated rings. The Hall–Kier alpha value is -0.600. The second-order valence-corrected chi connectivity index (χ2v) is 4.27. The van der Waals surface area contributed by atoms with E-state index >= 15 is 0 Å². The van der Waals surface area contributed by atoms with E-state index in [0.29, 0.717) is 5.41 Å². The molecule has 0 atom stereocenters. The molecule has 2 saturated heterocycles. The molecule has 1 N–H and O–H groups in total. The molecule has 14 heavy (non-hydrogen) atoms. The summed E-state index contributed by atoms with van der Waals surface area (Å²) >= 11 is 0. The zero-order valence-corrected chi connectivity index (χ0v) is 8.61. The summed E-state index contributed by atoms with van der Waals surface area (Å²) in [6, 6.07) is 7.72. The summed E-state index contributed by atoms with van der Waals surface area (Å²) < 4.78 is 12.7. The molecule has 2 bridgehead atoms. The van der Waals surface area contributed by atoms with E-state index in [9.17, 15) is 4.39 Å². The van der Waals surface area contributed by atoms with Gasteiger partial charge in [-0.2, -0.15) is 0 Å². The summed E-state index contributed by atoms with van der Waals surface area (Å²) in [7, 11) is 0. The molecular formula is C11H13ClFN. The Labute approximate surface area is 89.1 Å². The van der Waals surface area contributed by atoms with E-state index < -0.39 is 0 Å². The molecular weight excluding hydrogens is 201 g/mol. The lowest BCUT2D eigenvalue weighted by atomic mass is 9.66. The third-order valence-corrected chi connectivity index (χ3v) is 3.46. The molecule has 1 aromatic carbocycles. The lowest BCUT2D eigenvalue weighted by Gasteiger charge is -2.37. The first-order valence-electron chi connectivity index (χ1n) is 4.78. The molecule has 2 aliphatic heterocycles. The smallest absolute Gasteiger partial charge is 0.123 e. The Balaban J connectivity index is 0.000000750. The number of rotatable bonds is 1. The number of fused-ring (bicyclic) bond motifs is 1. The summed E-state index contributed by atoms with van der Waals surface area (Å²) in [5.74, 6) is -0.137. The van der Waals surface area contributed by atoms with E-state index in [1.54, 1.807) is 12.1 Å². The third kappa shape index (κ3) is 1.25. The molecule has 0 unspecified atom stereocenters. The van der Waals surface area contributed by atoms with Gasteiger partial charge >= 0.3 is 0 Å². The molecule has 4 rings (SSSR count). The second-order valence-electron chi connectivity index (χ2n) is 4.27.